The van der Waals surface area contributed by atoms with Gasteiger partial charge in [0.05, 0.1) is 24.4 Å². The molecule has 176 valence electrons. The summed E-state index contributed by atoms with van der Waals surface area (Å²) in [5.41, 5.74) is 6.66. The molecule has 35 heavy (non-hydrogen) atoms. The molecule has 7 heteroatoms. The van der Waals surface area contributed by atoms with E-state index >= 15 is 0 Å². The molecule has 0 aliphatic carbocycles. The van der Waals surface area contributed by atoms with E-state index in [1.165, 1.54) is 18.2 Å². The Morgan fingerprint density at radius 3 is 2.49 bits per heavy atom. The minimum Gasteiger partial charge on any atom is -0.465 e. The van der Waals surface area contributed by atoms with Crippen molar-refractivity contribution < 1.29 is 9.53 Å². The summed E-state index contributed by atoms with van der Waals surface area (Å²) in [5, 5.41) is 4.17. The van der Waals surface area contributed by atoms with Crippen molar-refractivity contribution >= 4 is 29.0 Å². The topological polar surface area (TPSA) is 59.4 Å². The summed E-state index contributed by atoms with van der Waals surface area (Å²) < 4.78 is 7.03. The number of aryl methyl sites for hydroxylation is 2. The van der Waals surface area contributed by atoms with E-state index in [-0.39, 0.29) is 18.1 Å². The zero-order valence-electron chi connectivity index (χ0n) is 19.8. The number of nitrogens with one attached hydrogen (secondary N) is 1. The molecule has 1 fully saturated rings. The lowest BCUT2D eigenvalue weighted by Crippen LogP contribution is -2.30. The van der Waals surface area contributed by atoms with Crippen molar-refractivity contribution in [3.05, 3.63) is 113 Å². The summed E-state index contributed by atoms with van der Waals surface area (Å²) in [5.74, 6) is -0.368. The molecule has 2 aromatic heterocycles. The Balaban J connectivity index is 1.67. The van der Waals surface area contributed by atoms with Gasteiger partial charge in [-0.3, -0.25) is 4.98 Å². The highest BCUT2D eigenvalue weighted by molar-refractivity contribution is 7.80. The number of esters is 1. The lowest BCUT2D eigenvalue weighted by Gasteiger charge is -2.29. The van der Waals surface area contributed by atoms with Gasteiger partial charge in [-0.1, -0.05) is 18.2 Å². The number of nitrogens with zero attached hydrogens (tertiary/aromatic N) is 3. The van der Waals surface area contributed by atoms with Crippen LogP contribution in [0.2, 0.25) is 0 Å². The molecule has 0 amide bonds. The van der Waals surface area contributed by atoms with Crippen LogP contribution in [-0.2, 0) is 4.74 Å². The molecule has 1 N–H and O–H groups in total. The number of thiocarbonyl (C=S) groups is 1. The highest BCUT2D eigenvalue weighted by atomic mass is 32.1. The molecule has 2 atom stereocenters. The molecular formula is C28H26N4O2S. The number of ether oxygens (including phenoxy) is 1. The monoisotopic (exact) mass is 482 g/mol. The maximum Gasteiger partial charge on any atom is 0.337 e. The highest BCUT2D eigenvalue weighted by Crippen LogP contribution is 2.42. The Labute approximate surface area is 210 Å². The molecule has 5 rings (SSSR count). The number of carbonyl (C=O) groups excluding carboxylic acids is 1. The molecule has 4 aromatic rings. The van der Waals surface area contributed by atoms with E-state index in [0.29, 0.717) is 10.7 Å². The van der Waals surface area contributed by atoms with Crippen LogP contribution in [0.5, 0.6) is 0 Å². The number of carbonyl (C=O) groups is 1. The van der Waals surface area contributed by atoms with Crippen molar-refractivity contribution in [1.29, 1.82) is 0 Å². The van der Waals surface area contributed by atoms with Gasteiger partial charge in [-0.15, -0.1) is 0 Å². The Morgan fingerprint density at radius 1 is 0.971 bits per heavy atom. The van der Waals surface area contributed by atoms with Crippen LogP contribution in [0.25, 0.3) is 5.69 Å². The molecule has 0 spiro atoms. The zero-order valence-corrected chi connectivity index (χ0v) is 20.6. The average Bonchev–Trinajstić information content (AvgIpc) is 3.47. The second kappa shape index (κ2) is 9.35. The summed E-state index contributed by atoms with van der Waals surface area (Å²) in [6.07, 6.45) is 3.80. The van der Waals surface area contributed by atoms with Crippen molar-refractivity contribution in [2.24, 2.45) is 0 Å². The maximum atomic E-state index is 12.2. The van der Waals surface area contributed by atoms with Crippen LogP contribution >= 0.6 is 12.2 Å². The molecule has 0 bridgehead atoms. The van der Waals surface area contributed by atoms with Crippen LogP contribution in [0.4, 0.5) is 5.69 Å². The van der Waals surface area contributed by atoms with Gasteiger partial charge in [-0.25, -0.2) is 4.79 Å². The van der Waals surface area contributed by atoms with E-state index in [2.05, 4.69) is 57.9 Å². The van der Waals surface area contributed by atoms with Crippen LogP contribution < -0.4 is 10.2 Å². The Bertz CT molecular complexity index is 1380. The summed E-state index contributed by atoms with van der Waals surface area (Å²) in [6, 6.07) is 23.6. The second-order valence-corrected chi connectivity index (χ2v) is 9.07. The first-order valence-electron chi connectivity index (χ1n) is 11.4. The SMILES string of the molecule is COC(=O)c1cccc(-n2cccc2[C@@H]2[C@@H](c3ccccn3)NC(=S)N2c2cc(C)cc(C)c2)c1. The molecule has 0 unspecified atom stereocenters. The summed E-state index contributed by atoms with van der Waals surface area (Å²) in [6.45, 7) is 4.19. The maximum absolute atomic E-state index is 12.2. The lowest BCUT2D eigenvalue weighted by molar-refractivity contribution is 0.0600. The van der Waals surface area contributed by atoms with Crippen LogP contribution in [0.3, 0.4) is 0 Å². The van der Waals surface area contributed by atoms with E-state index in [4.69, 9.17) is 17.0 Å². The fourth-order valence-electron chi connectivity index (χ4n) is 4.79. The first-order chi connectivity index (χ1) is 17.0. The summed E-state index contributed by atoms with van der Waals surface area (Å²) in [4.78, 5) is 19.0. The van der Waals surface area contributed by atoms with E-state index in [0.717, 1.165) is 22.8 Å². The zero-order chi connectivity index (χ0) is 24.5. The third-order valence-corrected chi connectivity index (χ3v) is 6.53. The smallest absolute Gasteiger partial charge is 0.337 e. The van der Waals surface area contributed by atoms with E-state index in [1.54, 1.807) is 12.3 Å². The van der Waals surface area contributed by atoms with Gasteiger partial charge >= 0.3 is 5.97 Å². The number of aromatic nitrogens is 2. The minimum absolute atomic E-state index is 0.165. The third-order valence-electron chi connectivity index (χ3n) is 6.21. The number of hydrogen-bond donors (Lipinski definition) is 1. The van der Waals surface area contributed by atoms with Crippen molar-refractivity contribution in [2.45, 2.75) is 25.9 Å². The molecule has 6 nitrogen and oxygen atoms in total. The van der Waals surface area contributed by atoms with Gasteiger partial charge in [0.15, 0.2) is 5.11 Å². The molecule has 1 saturated heterocycles. The molecule has 3 heterocycles. The van der Waals surface area contributed by atoms with Gasteiger partial charge in [-0.05, 0) is 91.8 Å². The molecular weight excluding hydrogens is 456 g/mol. The summed E-state index contributed by atoms with van der Waals surface area (Å²) in [7, 11) is 1.39. The first kappa shape index (κ1) is 22.8. The molecule has 1 aliphatic rings. The highest BCUT2D eigenvalue weighted by Gasteiger charge is 2.42. The molecule has 1 aliphatic heterocycles. The van der Waals surface area contributed by atoms with Gasteiger partial charge in [0.1, 0.15) is 6.04 Å². The summed E-state index contributed by atoms with van der Waals surface area (Å²) >= 11 is 5.88. The number of benzene rings is 2. The van der Waals surface area contributed by atoms with E-state index < -0.39 is 0 Å². The van der Waals surface area contributed by atoms with Crippen molar-refractivity contribution in [2.75, 3.05) is 12.0 Å². The molecule has 2 aromatic carbocycles. The Kier molecular flexibility index (Phi) is 6.09. The van der Waals surface area contributed by atoms with Crippen LogP contribution in [-0.4, -0.2) is 27.7 Å². The third kappa shape index (κ3) is 4.31. The normalized spacial score (nSPS) is 17.3. The molecule has 0 radical (unpaired) electrons. The Hall–Kier alpha value is -3.97. The number of hydrogen-bond acceptors (Lipinski definition) is 4. The van der Waals surface area contributed by atoms with Gasteiger partial charge in [-0.2, -0.15) is 0 Å². The quantitative estimate of drug-likeness (QED) is 0.301. The fraction of sp³-hybridized carbons (Fsp3) is 0.179. The second-order valence-electron chi connectivity index (χ2n) is 8.69. The van der Waals surface area contributed by atoms with Crippen molar-refractivity contribution in [3.8, 4) is 5.69 Å². The van der Waals surface area contributed by atoms with E-state index in [9.17, 15) is 4.79 Å². The van der Waals surface area contributed by atoms with Gasteiger partial charge in [0.25, 0.3) is 0 Å². The van der Waals surface area contributed by atoms with Crippen LogP contribution in [0.1, 0.15) is 45.0 Å². The average molecular weight is 483 g/mol. The van der Waals surface area contributed by atoms with Crippen LogP contribution in [0.15, 0.2) is 85.2 Å². The number of rotatable bonds is 5. The van der Waals surface area contributed by atoms with Crippen molar-refractivity contribution in [1.82, 2.24) is 14.9 Å². The largest absolute Gasteiger partial charge is 0.465 e. The minimum atomic E-state index is -0.368. The molecule has 0 saturated carbocycles. The van der Waals surface area contributed by atoms with Crippen molar-refractivity contribution in [3.63, 3.8) is 0 Å². The number of methoxy groups -OCH3 is 1. The standard InChI is InChI=1S/C28H26N4O2S/c1-18-14-19(2)16-22(15-18)32-26(25(30-28(32)35)23-10-4-5-12-29-23)24-11-7-13-31(24)21-9-6-8-20(17-21)27(33)34-3/h4-17,25-26H,1-3H3,(H,30,35)/t25-,26-/m1/s1. The number of pyridine rings is 1. The van der Waals surface area contributed by atoms with Crippen LogP contribution in [0, 0.1) is 13.8 Å². The van der Waals surface area contributed by atoms with Gasteiger partial charge in [0, 0.05) is 29.5 Å². The predicted octanol–water partition coefficient (Wildman–Crippen LogP) is 5.45. The number of anilines is 1. The van der Waals surface area contributed by atoms with Gasteiger partial charge in [0.2, 0.25) is 0 Å². The Morgan fingerprint density at radius 2 is 1.77 bits per heavy atom. The lowest BCUT2D eigenvalue weighted by atomic mass is 10.00. The fourth-order valence-corrected chi connectivity index (χ4v) is 5.14. The van der Waals surface area contributed by atoms with E-state index in [1.807, 2.05) is 48.7 Å². The first-order valence-corrected chi connectivity index (χ1v) is 11.8. The van der Waals surface area contributed by atoms with Gasteiger partial charge < -0.3 is 19.5 Å². The predicted molar refractivity (Wildman–Crippen MR) is 141 cm³/mol.